The number of fused-ring (bicyclic) bond motifs is 1. The molecule has 0 spiro atoms. The molecule has 0 saturated carbocycles. The van der Waals surface area contributed by atoms with Crippen molar-refractivity contribution in [3.63, 3.8) is 0 Å². The molecule has 0 N–H and O–H groups in total. The van der Waals surface area contributed by atoms with Crippen LogP contribution in [0.3, 0.4) is 0 Å². The van der Waals surface area contributed by atoms with Gasteiger partial charge in [-0.25, -0.2) is 4.98 Å². The normalized spacial score (nSPS) is 16.6. The van der Waals surface area contributed by atoms with E-state index in [-0.39, 0.29) is 17.2 Å². The first-order chi connectivity index (χ1) is 15.1. The number of ether oxygens (including phenoxy) is 1. The van der Waals surface area contributed by atoms with Gasteiger partial charge in [0.2, 0.25) is 5.91 Å². The minimum atomic E-state index is -0.0674. The molecule has 6 nitrogen and oxygen atoms in total. The third kappa shape index (κ3) is 4.80. The molecule has 1 saturated heterocycles. The molecular weight excluding hydrogens is 430 g/mol. The zero-order valence-corrected chi connectivity index (χ0v) is 19.5. The number of hydrogen-bond acceptors (Lipinski definition) is 6. The van der Waals surface area contributed by atoms with Gasteiger partial charge in [-0.1, -0.05) is 30.8 Å². The zero-order valence-electron chi connectivity index (χ0n) is 17.9. The molecule has 3 aromatic rings. The maximum absolute atomic E-state index is 13.2. The van der Waals surface area contributed by atoms with Crippen molar-refractivity contribution in [1.29, 1.82) is 0 Å². The van der Waals surface area contributed by atoms with Crippen molar-refractivity contribution in [3.05, 3.63) is 51.6 Å². The number of methoxy groups -OCH3 is 1. The summed E-state index contributed by atoms with van der Waals surface area (Å²) in [6.07, 6.45) is 4.31. The molecule has 1 fully saturated rings. The Bertz CT molecular complexity index is 1120. The molecule has 1 aliphatic heterocycles. The summed E-state index contributed by atoms with van der Waals surface area (Å²) in [6.45, 7) is 3.35. The van der Waals surface area contributed by atoms with E-state index in [1.54, 1.807) is 11.7 Å². The first-order valence-corrected chi connectivity index (χ1v) is 12.5. The fraction of sp³-hybridized carbons (Fsp3) is 0.435. The van der Waals surface area contributed by atoms with Crippen LogP contribution in [0.5, 0.6) is 5.75 Å². The van der Waals surface area contributed by atoms with E-state index in [1.165, 1.54) is 29.5 Å². The van der Waals surface area contributed by atoms with Gasteiger partial charge in [-0.3, -0.25) is 14.2 Å². The highest BCUT2D eigenvalue weighted by molar-refractivity contribution is 7.99. The summed E-state index contributed by atoms with van der Waals surface area (Å²) >= 11 is 2.76. The van der Waals surface area contributed by atoms with Crippen LogP contribution in [0.4, 0.5) is 0 Å². The van der Waals surface area contributed by atoms with Crippen molar-refractivity contribution in [2.24, 2.45) is 0 Å². The minimum Gasteiger partial charge on any atom is -0.497 e. The summed E-state index contributed by atoms with van der Waals surface area (Å²) in [7, 11) is 1.63. The Morgan fingerprint density at radius 3 is 3.00 bits per heavy atom. The Morgan fingerprint density at radius 1 is 1.32 bits per heavy atom. The summed E-state index contributed by atoms with van der Waals surface area (Å²) < 4.78 is 7.64. The van der Waals surface area contributed by atoms with Crippen LogP contribution >= 0.6 is 23.1 Å². The average molecular weight is 458 g/mol. The molecule has 1 unspecified atom stereocenters. The molecule has 8 heteroatoms. The predicted octanol–water partition coefficient (Wildman–Crippen LogP) is 4.40. The van der Waals surface area contributed by atoms with Crippen molar-refractivity contribution in [1.82, 2.24) is 14.5 Å². The van der Waals surface area contributed by atoms with Crippen molar-refractivity contribution in [2.45, 2.75) is 50.4 Å². The summed E-state index contributed by atoms with van der Waals surface area (Å²) in [6, 6.07) is 9.86. The number of thioether (sulfide) groups is 1. The van der Waals surface area contributed by atoms with Gasteiger partial charge in [0.05, 0.1) is 24.9 Å². The van der Waals surface area contributed by atoms with Gasteiger partial charge >= 0.3 is 0 Å². The molecule has 1 amide bonds. The maximum atomic E-state index is 13.2. The first-order valence-electron chi connectivity index (χ1n) is 10.6. The number of piperidine rings is 1. The zero-order chi connectivity index (χ0) is 21.8. The Morgan fingerprint density at radius 2 is 2.19 bits per heavy atom. The van der Waals surface area contributed by atoms with Crippen molar-refractivity contribution in [3.8, 4) is 5.75 Å². The number of benzene rings is 1. The van der Waals surface area contributed by atoms with Gasteiger partial charge in [0.15, 0.2) is 5.16 Å². The minimum absolute atomic E-state index is 0.0674. The highest BCUT2D eigenvalue weighted by Crippen LogP contribution is 2.25. The van der Waals surface area contributed by atoms with E-state index in [4.69, 9.17) is 9.72 Å². The third-order valence-corrected chi connectivity index (χ3v) is 7.60. The largest absolute Gasteiger partial charge is 0.497 e. The van der Waals surface area contributed by atoms with E-state index in [0.717, 1.165) is 37.1 Å². The van der Waals surface area contributed by atoms with Crippen LogP contribution in [-0.2, 0) is 11.3 Å². The monoisotopic (exact) mass is 457 g/mol. The van der Waals surface area contributed by atoms with Gasteiger partial charge in [-0.15, -0.1) is 11.3 Å². The van der Waals surface area contributed by atoms with E-state index in [1.807, 2.05) is 40.6 Å². The molecule has 1 atom stereocenters. The van der Waals surface area contributed by atoms with Gasteiger partial charge in [-0.05, 0) is 54.8 Å². The number of carbonyl (C=O) groups is 1. The van der Waals surface area contributed by atoms with Crippen LogP contribution < -0.4 is 10.3 Å². The van der Waals surface area contributed by atoms with Crippen LogP contribution in [0.15, 0.2) is 45.7 Å². The van der Waals surface area contributed by atoms with Crippen LogP contribution in [0.25, 0.3) is 10.2 Å². The molecule has 31 heavy (non-hydrogen) atoms. The first kappa shape index (κ1) is 21.9. The number of thiophene rings is 1. The summed E-state index contributed by atoms with van der Waals surface area (Å²) in [4.78, 5) is 32.9. The maximum Gasteiger partial charge on any atom is 0.272 e. The number of aromatic nitrogens is 2. The van der Waals surface area contributed by atoms with Crippen LogP contribution in [-0.4, -0.2) is 45.8 Å². The summed E-state index contributed by atoms with van der Waals surface area (Å²) in [5, 5.41) is 2.46. The predicted molar refractivity (Wildman–Crippen MR) is 126 cm³/mol. The van der Waals surface area contributed by atoms with E-state index in [0.29, 0.717) is 28.0 Å². The van der Waals surface area contributed by atoms with Crippen molar-refractivity contribution in [2.75, 3.05) is 19.4 Å². The van der Waals surface area contributed by atoms with E-state index >= 15 is 0 Å². The molecule has 0 radical (unpaired) electrons. The van der Waals surface area contributed by atoms with Crippen LogP contribution in [0.1, 0.15) is 38.2 Å². The lowest BCUT2D eigenvalue weighted by molar-refractivity contribution is -0.132. The molecule has 164 valence electrons. The number of rotatable bonds is 7. The number of hydrogen-bond donors (Lipinski definition) is 0. The van der Waals surface area contributed by atoms with Gasteiger partial charge in [0, 0.05) is 12.6 Å². The number of nitrogens with zero attached hydrogens (tertiary/aromatic N) is 3. The molecule has 3 heterocycles. The van der Waals surface area contributed by atoms with E-state index in [9.17, 15) is 9.59 Å². The fourth-order valence-corrected chi connectivity index (χ4v) is 5.75. The molecule has 0 aliphatic carbocycles. The van der Waals surface area contributed by atoms with Crippen molar-refractivity contribution >= 4 is 39.2 Å². The lowest BCUT2D eigenvalue weighted by atomic mass is 10.0. The fourth-order valence-electron chi connectivity index (χ4n) is 4.09. The molecule has 1 aliphatic rings. The second-order valence-electron chi connectivity index (χ2n) is 7.71. The van der Waals surface area contributed by atoms with E-state index in [2.05, 4.69) is 6.92 Å². The van der Waals surface area contributed by atoms with Crippen LogP contribution in [0, 0.1) is 0 Å². The number of likely N-dealkylation sites (tertiary alicyclic amines) is 1. The average Bonchev–Trinajstić information content (AvgIpc) is 3.28. The molecular formula is C23H27N3O3S2. The van der Waals surface area contributed by atoms with Gasteiger partial charge < -0.3 is 9.64 Å². The van der Waals surface area contributed by atoms with Gasteiger partial charge in [0.1, 0.15) is 10.4 Å². The second kappa shape index (κ2) is 9.87. The number of amides is 1. The Hall–Kier alpha value is -2.32. The standard InChI is InChI=1S/C23H27N3O3S2/c1-3-17-8-4-5-11-25(17)20(27)15-31-23-24-19-10-12-30-21(19)22(28)26(23)14-16-7-6-9-18(13-16)29-2/h6-7,9-10,12-13,17H,3-5,8,11,14-15H2,1-2H3. The lowest BCUT2D eigenvalue weighted by Gasteiger charge is -2.35. The summed E-state index contributed by atoms with van der Waals surface area (Å²) in [5.74, 6) is 1.16. The Labute approximate surface area is 190 Å². The molecule has 4 rings (SSSR count). The second-order valence-corrected chi connectivity index (χ2v) is 9.56. The smallest absolute Gasteiger partial charge is 0.272 e. The topological polar surface area (TPSA) is 64.4 Å². The van der Waals surface area contributed by atoms with Gasteiger partial charge in [-0.2, -0.15) is 0 Å². The Balaban J connectivity index is 1.61. The van der Waals surface area contributed by atoms with Crippen LogP contribution in [0.2, 0.25) is 0 Å². The Kier molecular flexibility index (Phi) is 6.97. The van der Waals surface area contributed by atoms with Gasteiger partial charge in [0.25, 0.3) is 5.56 Å². The highest BCUT2D eigenvalue weighted by Gasteiger charge is 2.25. The quantitative estimate of drug-likeness (QED) is 0.389. The molecule has 1 aromatic carbocycles. The SMILES string of the molecule is CCC1CCCCN1C(=O)CSc1nc2ccsc2c(=O)n1Cc1cccc(OC)c1. The van der Waals surface area contributed by atoms with Crippen molar-refractivity contribution < 1.29 is 9.53 Å². The number of carbonyl (C=O) groups excluding carboxylic acids is 1. The van der Waals surface area contributed by atoms with E-state index < -0.39 is 0 Å². The highest BCUT2D eigenvalue weighted by atomic mass is 32.2. The molecule has 2 aromatic heterocycles. The lowest BCUT2D eigenvalue weighted by Crippen LogP contribution is -2.44. The molecule has 0 bridgehead atoms. The third-order valence-electron chi connectivity index (χ3n) is 5.75. The summed E-state index contributed by atoms with van der Waals surface area (Å²) in [5.41, 5.74) is 1.58.